The quantitative estimate of drug-likeness (QED) is 0.659. The van der Waals surface area contributed by atoms with Crippen LogP contribution in [0.15, 0.2) is 57.4 Å². The van der Waals surface area contributed by atoms with E-state index in [2.05, 4.69) is 10.1 Å². The Hall–Kier alpha value is -1.87. The van der Waals surface area contributed by atoms with E-state index in [1.165, 1.54) is 15.6 Å². The highest BCUT2D eigenvalue weighted by molar-refractivity contribution is 7.91. The fraction of sp³-hybridized carbons (Fsp3) is 0.235. The van der Waals surface area contributed by atoms with Gasteiger partial charge in [-0.2, -0.15) is 4.31 Å². The third-order valence-corrected chi connectivity index (χ3v) is 8.00. The van der Waals surface area contributed by atoms with Crippen LogP contribution in [-0.4, -0.2) is 44.1 Å². The van der Waals surface area contributed by atoms with E-state index in [-0.39, 0.29) is 0 Å². The maximum absolute atomic E-state index is 12.9. The Morgan fingerprint density at radius 2 is 1.73 bits per heavy atom. The smallest absolute Gasteiger partial charge is 0.252 e. The highest BCUT2D eigenvalue weighted by Crippen LogP contribution is 2.32. The Balaban J connectivity index is 1.47. The third kappa shape index (κ3) is 3.37. The molecule has 0 atom stereocenters. The number of hydrogen-bond donors (Lipinski definition) is 0. The molecule has 0 unspecified atom stereocenters. The van der Waals surface area contributed by atoms with Crippen LogP contribution < -0.4 is 4.90 Å². The van der Waals surface area contributed by atoms with Gasteiger partial charge >= 0.3 is 0 Å². The molecule has 136 valence electrons. The van der Waals surface area contributed by atoms with E-state index < -0.39 is 10.0 Å². The molecular weight excluding hydrogens is 394 g/mol. The van der Waals surface area contributed by atoms with Crippen LogP contribution in [0, 0.1) is 0 Å². The van der Waals surface area contributed by atoms with Crippen LogP contribution in [0.3, 0.4) is 0 Å². The summed E-state index contributed by atoms with van der Waals surface area (Å²) in [7, 11) is -3.50. The van der Waals surface area contributed by atoms with E-state index in [0.717, 1.165) is 10.6 Å². The summed E-state index contributed by atoms with van der Waals surface area (Å²) in [4.78, 5) is 2.91. The first kappa shape index (κ1) is 17.5. The van der Waals surface area contributed by atoms with Crippen LogP contribution in [0.5, 0.6) is 0 Å². The fourth-order valence-corrected chi connectivity index (χ4v) is 5.87. The SMILES string of the molecule is O=S(=O)(c1ccc(-c2ccno2)s1)N1CCN(c2ccc(Cl)cc2)CC1. The third-order valence-electron chi connectivity index (χ3n) is 4.29. The summed E-state index contributed by atoms with van der Waals surface area (Å²) in [6.07, 6.45) is 1.54. The topological polar surface area (TPSA) is 66.7 Å². The number of rotatable bonds is 4. The fourth-order valence-electron chi connectivity index (χ4n) is 2.90. The number of nitrogens with zero attached hydrogens (tertiary/aromatic N) is 3. The second-order valence-electron chi connectivity index (χ2n) is 5.86. The number of anilines is 1. The van der Waals surface area contributed by atoms with Crippen molar-refractivity contribution < 1.29 is 12.9 Å². The first-order valence-corrected chi connectivity index (χ1v) is 10.7. The van der Waals surface area contributed by atoms with Crippen LogP contribution in [0.4, 0.5) is 5.69 Å². The van der Waals surface area contributed by atoms with Crippen molar-refractivity contribution in [3.63, 3.8) is 0 Å². The van der Waals surface area contributed by atoms with Crippen LogP contribution in [0.1, 0.15) is 0 Å². The highest BCUT2D eigenvalue weighted by Gasteiger charge is 2.30. The van der Waals surface area contributed by atoms with Gasteiger partial charge in [-0.15, -0.1) is 11.3 Å². The lowest BCUT2D eigenvalue weighted by Gasteiger charge is -2.35. The van der Waals surface area contributed by atoms with Crippen LogP contribution in [0.2, 0.25) is 5.02 Å². The van der Waals surface area contributed by atoms with Crippen LogP contribution in [-0.2, 0) is 10.0 Å². The summed E-state index contributed by atoms with van der Waals surface area (Å²) in [6.45, 7) is 2.17. The summed E-state index contributed by atoms with van der Waals surface area (Å²) in [6, 6.07) is 12.7. The first-order chi connectivity index (χ1) is 12.5. The molecule has 0 amide bonds. The van der Waals surface area contributed by atoms with E-state index in [0.29, 0.717) is 41.2 Å². The standard InChI is InChI=1S/C17H16ClN3O3S2/c18-13-1-3-14(4-2-13)20-9-11-21(12-10-20)26(22,23)17-6-5-16(25-17)15-7-8-19-24-15/h1-8H,9-12H2. The van der Waals surface area contributed by atoms with Crippen LogP contribution in [0.25, 0.3) is 10.6 Å². The molecule has 0 bridgehead atoms. The molecule has 0 radical (unpaired) electrons. The lowest BCUT2D eigenvalue weighted by atomic mass is 10.2. The van der Waals surface area contributed by atoms with Gasteiger partial charge in [0, 0.05) is 43.0 Å². The molecule has 0 saturated carbocycles. The molecule has 1 fully saturated rings. The number of aromatic nitrogens is 1. The van der Waals surface area contributed by atoms with E-state index in [9.17, 15) is 8.42 Å². The lowest BCUT2D eigenvalue weighted by molar-refractivity contribution is 0.386. The highest BCUT2D eigenvalue weighted by atomic mass is 35.5. The summed E-state index contributed by atoms with van der Waals surface area (Å²) in [5.41, 5.74) is 1.05. The number of halogens is 1. The van der Waals surface area contributed by atoms with Crippen LogP contribution >= 0.6 is 22.9 Å². The molecular formula is C17H16ClN3O3S2. The molecule has 0 spiro atoms. The molecule has 0 aliphatic carbocycles. The molecule has 2 aromatic heterocycles. The maximum Gasteiger partial charge on any atom is 0.252 e. The van der Waals surface area contributed by atoms with Crippen molar-refractivity contribution in [3.8, 4) is 10.6 Å². The minimum absolute atomic E-state index is 0.323. The summed E-state index contributed by atoms with van der Waals surface area (Å²) >= 11 is 7.12. The first-order valence-electron chi connectivity index (χ1n) is 8.05. The molecule has 0 N–H and O–H groups in total. The second kappa shape index (κ2) is 7.03. The Bertz CT molecular complexity index is 977. The average molecular weight is 410 g/mol. The minimum atomic E-state index is -3.50. The van der Waals surface area contributed by atoms with E-state index in [1.54, 1.807) is 24.4 Å². The number of sulfonamides is 1. The zero-order chi connectivity index (χ0) is 18.1. The maximum atomic E-state index is 12.9. The van der Waals surface area contributed by atoms with Gasteiger partial charge in [0.2, 0.25) is 0 Å². The molecule has 26 heavy (non-hydrogen) atoms. The van der Waals surface area contributed by atoms with Gasteiger partial charge in [-0.25, -0.2) is 8.42 Å². The summed E-state index contributed by atoms with van der Waals surface area (Å²) in [5, 5.41) is 4.35. The van der Waals surface area contributed by atoms with E-state index >= 15 is 0 Å². The Labute approximate surface area is 160 Å². The van der Waals surface area contributed by atoms with E-state index in [1.807, 2.05) is 24.3 Å². The molecule has 1 aromatic carbocycles. The molecule has 1 aliphatic rings. The van der Waals surface area contributed by atoms with Crippen molar-refractivity contribution in [3.05, 3.63) is 53.7 Å². The van der Waals surface area contributed by atoms with Gasteiger partial charge in [-0.1, -0.05) is 16.8 Å². The Kier molecular flexibility index (Phi) is 4.74. The molecule has 4 rings (SSSR count). The molecule has 3 aromatic rings. The average Bonchev–Trinajstić information content (AvgIpc) is 3.34. The molecule has 9 heteroatoms. The molecule has 3 heterocycles. The largest absolute Gasteiger partial charge is 0.369 e. The van der Waals surface area contributed by atoms with Gasteiger partial charge in [0.15, 0.2) is 5.76 Å². The second-order valence-corrected chi connectivity index (χ2v) is 9.55. The Morgan fingerprint density at radius 3 is 2.38 bits per heavy atom. The van der Waals surface area contributed by atoms with Crippen molar-refractivity contribution in [1.29, 1.82) is 0 Å². The van der Waals surface area contributed by atoms with Crippen molar-refractivity contribution in [2.45, 2.75) is 4.21 Å². The van der Waals surface area contributed by atoms with Gasteiger partial charge in [-0.05, 0) is 36.4 Å². The van der Waals surface area contributed by atoms with Crippen molar-refractivity contribution in [2.24, 2.45) is 0 Å². The predicted molar refractivity (Wildman–Crippen MR) is 102 cm³/mol. The minimum Gasteiger partial charge on any atom is -0.369 e. The van der Waals surface area contributed by atoms with Gasteiger partial charge < -0.3 is 9.42 Å². The number of piperazine rings is 1. The molecule has 1 saturated heterocycles. The summed E-state index contributed by atoms with van der Waals surface area (Å²) < 4.78 is 32.8. The zero-order valence-corrected chi connectivity index (χ0v) is 16.1. The predicted octanol–water partition coefficient (Wildman–Crippen LogP) is 3.57. The van der Waals surface area contributed by atoms with Crippen molar-refractivity contribution in [2.75, 3.05) is 31.1 Å². The summed E-state index contributed by atoms with van der Waals surface area (Å²) in [5.74, 6) is 0.573. The zero-order valence-electron chi connectivity index (χ0n) is 13.7. The Morgan fingerprint density at radius 1 is 1.00 bits per heavy atom. The van der Waals surface area contributed by atoms with Gasteiger partial charge in [0.1, 0.15) is 4.21 Å². The van der Waals surface area contributed by atoms with Crippen molar-refractivity contribution in [1.82, 2.24) is 9.46 Å². The normalized spacial score (nSPS) is 16.1. The van der Waals surface area contributed by atoms with E-state index in [4.69, 9.17) is 16.1 Å². The lowest BCUT2D eigenvalue weighted by Crippen LogP contribution is -2.48. The van der Waals surface area contributed by atoms with Gasteiger partial charge in [0.05, 0.1) is 11.1 Å². The number of benzene rings is 1. The molecule has 1 aliphatic heterocycles. The van der Waals surface area contributed by atoms with Crippen molar-refractivity contribution >= 4 is 38.6 Å². The molecule has 6 nitrogen and oxygen atoms in total. The number of hydrogen-bond acceptors (Lipinski definition) is 6. The monoisotopic (exact) mass is 409 g/mol. The van der Waals surface area contributed by atoms with Gasteiger partial charge in [-0.3, -0.25) is 0 Å². The van der Waals surface area contributed by atoms with Gasteiger partial charge in [0.25, 0.3) is 10.0 Å². The number of thiophene rings is 1.